The lowest BCUT2D eigenvalue weighted by atomic mass is 9.93. The fraction of sp³-hybridized carbons (Fsp3) is 0.464. The van der Waals surface area contributed by atoms with Gasteiger partial charge in [0.15, 0.2) is 12.2 Å². The standard InChI is InChI=1S/C28H35N5O4/c1-18-24-9-11-33(14-20(24)6-7-26(18)36-16-27-19(2)31-17-37-27)15-23(34)13-30-28(35)25-12-22(8-10-29-25)32-21-4-3-5-21/h6-8,10,12,17,21,23,34H,3-5,9,11,13-16H2,1-2H3,(H,29,32)(H,30,35)/t23-/m0/s1. The molecule has 0 unspecified atom stereocenters. The first kappa shape index (κ1) is 25.2. The lowest BCUT2D eigenvalue weighted by Gasteiger charge is -2.31. The van der Waals surface area contributed by atoms with E-state index in [2.05, 4.69) is 38.5 Å². The number of pyridine rings is 1. The summed E-state index contributed by atoms with van der Waals surface area (Å²) in [5.74, 6) is 1.31. The Hall–Kier alpha value is -3.43. The Labute approximate surface area is 217 Å². The van der Waals surface area contributed by atoms with Crippen molar-refractivity contribution in [2.45, 2.75) is 64.8 Å². The van der Waals surface area contributed by atoms with Crippen LogP contribution < -0.4 is 15.4 Å². The fourth-order valence-corrected chi connectivity index (χ4v) is 4.89. The Morgan fingerprint density at radius 3 is 2.89 bits per heavy atom. The Morgan fingerprint density at radius 2 is 2.14 bits per heavy atom. The first-order valence-electron chi connectivity index (χ1n) is 13.0. The predicted octanol–water partition coefficient (Wildman–Crippen LogP) is 3.38. The molecule has 9 heteroatoms. The van der Waals surface area contributed by atoms with E-state index in [9.17, 15) is 9.90 Å². The number of ether oxygens (including phenoxy) is 1. The van der Waals surface area contributed by atoms with E-state index < -0.39 is 6.10 Å². The van der Waals surface area contributed by atoms with Gasteiger partial charge in [0.1, 0.15) is 18.1 Å². The molecule has 0 spiro atoms. The second-order valence-corrected chi connectivity index (χ2v) is 10.0. The molecule has 2 aromatic heterocycles. The lowest BCUT2D eigenvalue weighted by molar-refractivity contribution is 0.0837. The van der Waals surface area contributed by atoms with Gasteiger partial charge in [-0.2, -0.15) is 0 Å². The van der Waals surface area contributed by atoms with Crippen LogP contribution >= 0.6 is 0 Å². The van der Waals surface area contributed by atoms with Crippen LogP contribution in [0.1, 0.15) is 57.9 Å². The van der Waals surface area contributed by atoms with Gasteiger partial charge in [-0.05, 0) is 74.4 Å². The number of amides is 1. The van der Waals surface area contributed by atoms with E-state index in [-0.39, 0.29) is 12.5 Å². The van der Waals surface area contributed by atoms with E-state index in [0.717, 1.165) is 60.8 Å². The first-order chi connectivity index (χ1) is 18.0. The van der Waals surface area contributed by atoms with Gasteiger partial charge in [-0.15, -0.1) is 0 Å². The highest BCUT2D eigenvalue weighted by Gasteiger charge is 2.22. The Bertz CT molecular complexity index is 1240. The van der Waals surface area contributed by atoms with E-state index >= 15 is 0 Å². The minimum atomic E-state index is -0.671. The number of aliphatic hydroxyl groups is 1. The van der Waals surface area contributed by atoms with Crippen LogP contribution in [-0.4, -0.2) is 57.7 Å². The van der Waals surface area contributed by atoms with E-state index in [1.54, 1.807) is 12.3 Å². The molecular weight excluding hydrogens is 470 g/mol. The maximum Gasteiger partial charge on any atom is 0.270 e. The molecule has 9 nitrogen and oxygen atoms in total. The molecule has 37 heavy (non-hydrogen) atoms. The number of fused-ring (bicyclic) bond motifs is 1. The van der Waals surface area contributed by atoms with Gasteiger partial charge >= 0.3 is 0 Å². The third-order valence-corrected chi connectivity index (χ3v) is 7.36. The largest absolute Gasteiger partial charge is 0.485 e. The maximum atomic E-state index is 12.6. The van der Waals surface area contributed by atoms with Crippen molar-refractivity contribution < 1.29 is 19.1 Å². The van der Waals surface area contributed by atoms with Gasteiger partial charge in [0.25, 0.3) is 5.91 Å². The molecule has 3 heterocycles. The summed E-state index contributed by atoms with van der Waals surface area (Å²) in [5.41, 5.74) is 5.79. The van der Waals surface area contributed by atoms with Gasteiger partial charge in [-0.1, -0.05) is 6.07 Å². The number of aliphatic hydroxyl groups excluding tert-OH is 1. The van der Waals surface area contributed by atoms with Crippen LogP contribution in [0, 0.1) is 13.8 Å². The molecule has 1 atom stereocenters. The number of benzene rings is 1. The minimum absolute atomic E-state index is 0.178. The summed E-state index contributed by atoms with van der Waals surface area (Å²) in [6.45, 7) is 6.59. The molecule has 1 saturated carbocycles. The molecule has 1 aliphatic carbocycles. The molecular formula is C28H35N5O4. The van der Waals surface area contributed by atoms with Crippen LogP contribution in [0.3, 0.4) is 0 Å². The first-order valence-corrected chi connectivity index (χ1v) is 13.0. The number of carbonyl (C=O) groups excluding carboxylic acids is 1. The van der Waals surface area contributed by atoms with Gasteiger partial charge in [0, 0.05) is 44.1 Å². The van der Waals surface area contributed by atoms with Crippen LogP contribution in [-0.2, 0) is 19.6 Å². The predicted molar refractivity (Wildman–Crippen MR) is 140 cm³/mol. The van der Waals surface area contributed by atoms with Crippen molar-refractivity contribution in [3.8, 4) is 5.75 Å². The normalized spacial score (nSPS) is 16.5. The number of nitrogens with zero attached hydrogens (tertiary/aromatic N) is 3. The van der Waals surface area contributed by atoms with Crippen molar-refractivity contribution in [2.75, 3.05) is 25.0 Å². The van der Waals surface area contributed by atoms with Crippen molar-refractivity contribution in [1.29, 1.82) is 0 Å². The van der Waals surface area contributed by atoms with Gasteiger partial charge < -0.3 is 24.9 Å². The highest BCUT2D eigenvalue weighted by Crippen LogP contribution is 2.30. The van der Waals surface area contributed by atoms with Gasteiger partial charge in [0.05, 0.1) is 11.8 Å². The quantitative estimate of drug-likeness (QED) is 0.384. The summed E-state index contributed by atoms with van der Waals surface area (Å²) in [7, 11) is 0. The van der Waals surface area contributed by atoms with Gasteiger partial charge in [0.2, 0.25) is 0 Å². The van der Waals surface area contributed by atoms with Crippen molar-refractivity contribution in [3.63, 3.8) is 0 Å². The molecule has 3 aromatic rings. The van der Waals surface area contributed by atoms with E-state index in [4.69, 9.17) is 9.15 Å². The summed E-state index contributed by atoms with van der Waals surface area (Å²) in [4.78, 5) is 23.1. The smallest absolute Gasteiger partial charge is 0.270 e. The van der Waals surface area contributed by atoms with E-state index in [1.807, 2.05) is 19.1 Å². The topological polar surface area (TPSA) is 113 Å². The van der Waals surface area contributed by atoms with Gasteiger partial charge in [-0.25, -0.2) is 4.98 Å². The lowest BCUT2D eigenvalue weighted by Crippen LogP contribution is -2.42. The van der Waals surface area contributed by atoms with Crippen molar-refractivity contribution in [1.82, 2.24) is 20.2 Å². The number of aryl methyl sites for hydroxylation is 1. The summed E-state index contributed by atoms with van der Waals surface area (Å²) in [6.07, 6.45) is 6.86. The molecule has 2 aliphatic rings. The van der Waals surface area contributed by atoms with Crippen LogP contribution in [0.15, 0.2) is 41.3 Å². The molecule has 1 fully saturated rings. The second-order valence-electron chi connectivity index (χ2n) is 10.0. The number of hydrogen-bond acceptors (Lipinski definition) is 8. The molecule has 1 aliphatic heterocycles. The summed E-state index contributed by atoms with van der Waals surface area (Å²) in [5, 5.41) is 16.9. The molecule has 0 bridgehead atoms. The zero-order chi connectivity index (χ0) is 25.8. The van der Waals surface area contributed by atoms with Gasteiger partial charge in [-0.3, -0.25) is 14.7 Å². The SMILES string of the molecule is Cc1ncoc1COc1ccc2c(c1C)CCN(C[C@@H](O)CNC(=O)c1cc(NC3CCC3)ccn1)C2. The van der Waals surface area contributed by atoms with Crippen LogP contribution in [0.4, 0.5) is 5.69 Å². The summed E-state index contributed by atoms with van der Waals surface area (Å²) >= 11 is 0. The summed E-state index contributed by atoms with van der Waals surface area (Å²) in [6, 6.07) is 8.24. The molecule has 5 rings (SSSR count). The Morgan fingerprint density at radius 1 is 1.27 bits per heavy atom. The number of rotatable bonds is 10. The molecule has 1 amide bonds. The molecule has 0 radical (unpaired) electrons. The molecule has 1 aromatic carbocycles. The number of anilines is 1. The zero-order valence-electron chi connectivity index (χ0n) is 21.5. The second kappa shape index (κ2) is 11.3. The highest BCUT2D eigenvalue weighted by atomic mass is 16.5. The number of carbonyl (C=O) groups is 1. The van der Waals surface area contributed by atoms with E-state index in [1.165, 1.54) is 23.9 Å². The minimum Gasteiger partial charge on any atom is -0.485 e. The van der Waals surface area contributed by atoms with Crippen LogP contribution in [0.5, 0.6) is 5.75 Å². The number of nitrogens with one attached hydrogen (secondary N) is 2. The van der Waals surface area contributed by atoms with Crippen molar-refractivity contribution in [3.05, 3.63) is 70.7 Å². The number of β-amino-alcohol motifs (C(OH)–C–C–N with tert-alkyl or cyclic N) is 1. The average molecular weight is 506 g/mol. The number of aromatic nitrogens is 2. The Balaban J connectivity index is 1.10. The summed E-state index contributed by atoms with van der Waals surface area (Å²) < 4.78 is 11.4. The van der Waals surface area contributed by atoms with Crippen LogP contribution in [0.25, 0.3) is 0 Å². The third-order valence-electron chi connectivity index (χ3n) is 7.36. The molecule has 3 N–H and O–H groups in total. The van der Waals surface area contributed by atoms with Crippen molar-refractivity contribution >= 4 is 11.6 Å². The molecule has 0 saturated heterocycles. The fourth-order valence-electron chi connectivity index (χ4n) is 4.89. The van der Waals surface area contributed by atoms with E-state index in [0.29, 0.717) is 24.9 Å². The average Bonchev–Trinajstić information content (AvgIpc) is 3.29. The third kappa shape index (κ3) is 6.11. The van der Waals surface area contributed by atoms with Crippen LogP contribution in [0.2, 0.25) is 0 Å². The monoisotopic (exact) mass is 505 g/mol. The number of oxazole rings is 1. The zero-order valence-corrected chi connectivity index (χ0v) is 21.5. The maximum absolute atomic E-state index is 12.6. The highest BCUT2D eigenvalue weighted by molar-refractivity contribution is 5.93. The molecule has 196 valence electrons. The number of hydrogen-bond donors (Lipinski definition) is 3. The Kier molecular flexibility index (Phi) is 7.71. The van der Waals surface area contributed by atoms with Crippen molar-refractivity contribution in [2.24, 2.45) is 0 Å².